The van der Waals surface area contributed by atoms with E-state index >= 15 is 0 Å². The van der Waals surface area contributed by atoms with Crippen LogP contribution < -0.4 is 10.6 Å². The summed E-state index contributed by atoms with van der Waals surface area (Å²) >= 11 is 1.45. The largest absolute Gasteiger partial charge is 0.451 e. The normalized spacial score (nSPS) is 16.4. The van der Waals surface area contributed by atoms with Crippen LogP contribution in [-0.4, -0.2) is 37.0 Å². The highest BCUT2D eigenvalue weighted by molar-refractivity contribution is 7.14. The molecule has 0 radical (unpaired) electrons. The van der Waals surface area contributed by atoms with Crippen LogP contribution in [0.1, 0.15) is 47.3 Å². The number of ether oxygens (including phenoxy) is 1. The molecule has 0 saturated carbocycles. The van der Waals surface area contributed by atoms with Gasteiger partial charge in [0.25, 0.3) is 5.91 Å². The second kappa shape index (κ2) is 8.28. The number of rotatable bonds is 6. The zero-order valence-corrected chi connectivity index (χ0v) is 15.1. The smallest absolute Gasteiger partial charge is 0.348 e. The summed E-state index contributed by atoms with van der Waals surface area (Å²) in [5.41, 5.74) is 1.22. The summed E-state index contributed by atoms with van der Waals surface area (Å²) < 4.78 is 5.04. The SMILES string of the molecule is CC(C)NC(=O)CNC(=O)COC(=O)c1cc2c(s1)CC[C@@H](C)C2. The number of thiophene rings is 1. The summed E-state index contributed by atoms with van der Waals surface area (Å²) in [7, 11) is 0. The highest BCUT2D eigenvalue weighted by Gasteiger charge is 2.21. The monoisotopic (exact) mass is 352 g/mol. The van der Waals surface area contributed by atoms with Crippen molar-refractivity contribution >= 4 is 29.1 Å². The molecule has 1 aliphatic rings. The van der Waals surface area contributed by atoms with Crippen LogP contribution in [0, 0.1) is 5.92 Å². The molecule has 1 aliphatic carbocycles. The number of esters is 1. The molecule has 1 atom stereocenters. The first-order chi connectivity index (χ1) is 11.3. The highest BCUT2D eigenvalue weighted by Crippen LogP contribution is 2.32. The van der Waals surface area contributed by atoms with Crippen molar-refractivity contribution in [1.82, 2.24) is 10.6 Å². The predicted molar refractivity (Wildman–Crippen MR) is 92.1 cm³/mol. The Morgan fingerprint density at radius 1 is 1.33 bits per heavy atom. The Hall–Kier alpha value is -1.89. The fraction of sp³-hybridized carbons (Fsp3) is 0.588. The first-order valence-corrected chi connectivity index (χ1v) is 9.01. The molecule has 0 aliphatic heterocycles. The van der Waals surface area contributed by atoms with Crippen LogP contribution in [0.25, 0.3) is 0 Å². The number of amides is 2. The Morgan fingerprint density at radius 2 is 2.08 bits per heavy atom. The molecular weight excluding hydrogens is 328 g/mol. The van der Waals surface area contributed by atoms with E-state index in [0.29, 0.717) is 10.8 Å². The third-order valence-electron chi connectivity index (χ3n) is 3.76. The minimum Gasteiger partial charge on any atom is -0.451 e. The first kappa shape index (κ1) is 18.4. The van der Waals surface area contributed by atoms with Gasteiger partial charge in [-0.15, -0.1) is 11.3 Å². The van der Waals surface area contributed by atoms with Gasteiger partial charge < -0.3 is 15.4 Å². The van der Waals surface area contributed by atoms with E-state index in [-0.39, 0.29) is 25.1 Å². The van der Waals surface area contributed by atoms with Crippen molar-refractivity contribution in [1.29, 1.82) is 0 Å². The molecule has 24 heavy (non-hydrogen) atoms. The van der Waals surface area contributed by atoms with Crippen LogP contribution in [0.3, 0.4) is 0 Å². The van der Waals surface area contributed by atoms with Crippen molar-refractivity contribution in [2.45, 2.75) is 46.1 Å². The summed E-state index contributed by atoms with van der Waals surface area (Å²) in [4.78, 5) is 36.9. The van der Waals surface area contributed by atoms with E-state index < -0.39 is 11.9 Å². The second-order valence-corrected chi connectivity index (χ2v) is 7.62. The van der Waals surface area contributed by atoms with Gasteiger partial charge in [-0.3, -0.25) is 9.59 Å². The maximum Gasteiger partial charge on any atom is 0.348 e. The van der Waals surface area contributed by atoms with Gasteiger partial charge in [-0.25, -0.2) is 4.79 Å². The Morgan fingerprint density at radius 3 is 2.79 bits per heavy atom. The van der Waals surface area contributed by atoms with Gasteiger partial charge in [0.1, 0.15) is 4.88 Å². The van der Waals surface area contributed by atoms with Crippen LogP contribution in [0.5, 0.6) is 0 Å². The lowest BCUT2D eigenvalue weighted by atomic mass is 9.90. The molecule has 0 aromatic carbocycles. The third kappa shape index (κ3) is 5.33. The summed E-state index contributed by atoms with van der Waals surface area (Å²) in [6.07, 6.45) is 3.13. The van der Waals surface area contributed by atoms with E-state index in [1.165, 1.54) is 21.8 Å². The fourth-order valence-electron chi connectivity index (χ4n) is 2.61. The number of aryl methyl sites for hydroxylation is 1. The Labute approximate surface area is 146 Å². The van der Waals surface area contributed by atoms with E-state index in [9.17, 15) is 14.4 Å². The van der Waals surface area contributed by atoms with E-state index in [2.05, 4.69) is 17.6 Å². The van der Waals surface area contributed by atoms with Crippen molar-refractivity contribution in [2.24, 2.45) is 5.92 Å². The van der Waals surface area contributed by atoms with Crippen molar-refractivity contribution in [3.05, 3.63) is 21.4 Å². The molecule has 0 fully saturated rings. The van der Waals surface area contributed by atoms with Crippen LogP contribution in [0.4, 0.5) is 0 Å². The van der Waals surface area contributed by atoms with E-state index in [1.54, 1.807) is 0 Å². The quantitative estimate of drug-likeness (QED) is 0.763. The Bertz CT molecular complexity index is 624. The zero-order valence-electron chi connectivity index (χ0n) is 14.3. The summed E-state index contributed by atoms with van der Waals surface area (Å²) in [6.45, 7) is 5.37. The predicted octanol–water partition coefficient (Wildman–Crippen LogP) is 1.67. The third-order valence-corrected chi connectivity index (χ3v) is 4.98. The Kier molecular flexibility index (Phi) is 6.36. The van der Waals surface area contributed by atoms with Crippen molar-refractivity contribution in [3.63, 3.8) is 0 Å². The highest BCUT2D eigenvalue weighted by atomic mass is 32.1. The molecule has 1 aromatic heterocycles. The molecule has 7 heteroatoms. The fourth-order valence-corrected chi connectivity index (χ4v) is 3.71. The van der Waals surface area contributed by atoms with Gasteiger partial charge >= 0.3 is 5.97 Å². The number of hydrogen-bond donors (Lipinski definition) is 2. The van der Waals surface area contributed by atoms with Gasteiger partial charge in [-0.1, -0.05) is 6.92 Å². The molecule has 132 valence electrons. The first-order valence-electron chi connectivity index (χ1n) is 8.20. The number of hydrogen-bond acceptors (Lipinski definition) is 5. The number of nitrogens with one attached hydrogen (secondary N) is 2. The van der Waals surface area contributed by atoms with Gasteiger partial charge in [0.05, 0.1) is 6.54 Å². The lowest BCUT2D eigenvalue weighted by Gasteiger charge is -2.16. The van der Waals surface area contributed by atoms with Crippen molar-refractivity contribution in [3.8, 4) is 0 Å². The molecule has 2 N–H and O–H groups in total. The number of carbonyl (C=O) groups excluding carboxylic acids is 3. The molecule has 0 saturated heterocycles. The Balaban J connectivity index is 1.77. The molecule has 0 bridgehead atoms. The number of fused-ring (bicyclic) bond motifs is 1. The summed E-state index contributed by atoms with van der Waals surface area (Å²) in [5, 5.41) is 5.08. The zero-order chi connectivity index (χ0) is 17.7. The number of carbonyl (C=O) groups is 3. The average molecular weight is 352 g/mol. The van der Waals surface area contributed by atoms with Gasteiger partial charge in [-0.05, 0) is 50.7 Å². The molecule has 0 unspecified atom stereocenters. The van der Waals surface area contributed by atoms with Crippen LogP contribution >= 0.6 is 11.3 Å². The molecule has 2 rings (SSSR count). The van der Waals surface area contributed by atoms with Gasteiger partial charge in [0.15, 0.2) is 6.61 Å². The molecule has 1 heterocycles. The molecular formula is C17H24N2O4S. The lowest BCUT2D eigenvalue weighted by Crippen LogP contribution is -2.41. The average Bonchev–Trinajstić information content (AvgIpc) is 2.93. The molecule has 2 amide bonds. The maximum absolute atomic E-state index is 12.1. The summed E-state index contributed by atoms with van der Waals surface area (Å²) in [6, 6.07) is 1.89. The second-order valence-electron chi connectivity index (χ2n) is 6.48. The van der Waals surface area contributed by atoms with Crippen LogP contribution in [0.2, 0.25) is 0 Å². The molecule has 1 aromatic rings. The maximum atomic E-state index is 12.1. The topological polar surface area (TPSA) is 84.5 Å². The van der Waals surface area contributed by atoms with Gasteiger partial charge in [0, 0.05) is 10.9 Å². The van der Waals surface area contributed by atoms with E-state index in [1.807, 2.05) is 19.9 Å². The van der Waals surface area contributed by atoms with Crippen LogP contribution in [0.15, 0.2) is 6.07 Å². The minimum atomic E-state index is -0.489. The minimum absolute atomic E-state index is 0.0137. The summed E-state index contributed by atoms with van der Waals surface area (Å²) in [5.74, 6) is -0.607. The van der Waals surface area contributed by atoms with E-state index in [0.717, 1.165) is 19.3 Å². The van der Waals surface area contributed by atoms with Crippen molar-refractivity contribution < 1.29 is 19.1 Å². The standard InChI is InChI=1S/C17H24N2O4S/c1-10(2)19-15(20)8-18-16(21)9-23-17(22)14-7-12-6-11(3)4-5-13(12)24-14/h7,10-11H,4-6,8-9H2,1-3H3,(H,18,21)(H,19,20)/t11-/m1/s1. The van der Waals surface area contributed by atoms with Gasteiger partial charge in [-0.2, -0.15) is 0 Å². The van der Waals surface area contributed by atoms with Gasteiger partial charge in [0.2, 0.25) is 5.91 Å². The van der Waals surface area contributed by atoms with Crippen LogP contribution in [-0.2, 0) is 27.2 Å². The molecule has 6 nitrogen and oxygen atoms in total. The molecule has 0 spiro atoms. The van der Waals surface area contributed by atoms with Crippen molar-refractivity contribution in [2.75, 3.05) is 13.2 Å². The van der Waals surface area contributed by atoms with E-state index in [4.69, 9.17) is 4.74 Å². The lowest BCUT2D eigenvalue weighted by molar-refractivity contribution is -0.128.